The summed E-state index contributed by atoms with van der Waals surface area (Å²) in [4.78, 5) is 8.00. The first-order valence-electron chi connectivity index (χ1n) is 9.60. The van der Waals surface area contributed by atoms with Gasteiger partial charge in [0, 0.05) is 5.71 Å². The minimum Gasteiger partial charge on any atom is -0.494 e. The molecule has 0 radical (unpaired) electrons. The van der Waals surface area contributed by atoms with E-state index in [9.17, 15) is 0 Å². The Morgan fingerprint density at radius 1 is 0.793 bits per heavy atom. The molecule has 0 fully saturated rings. The molecule has 0 aliphatic carbocycles. The van der Waals surface area contributed by atoms with Gasteiger partial charge < -0.3 is 19.7 Å². The van der Waals surface area contributed by atoms with Crippen LogP contribution in [0.1, 0.15) is 30.0 Å². The van der Waals surface area contributed by atoms with E-state index in [4.69, 9.17) is 19.7 Å². The third kappa shape index (κ3) is 7.26. The van der Waals surface area contributed by atoms with Crippen molar-refractivity contribution >= 4 is 12.5 Å². The molecule has 0 aliphatic heterocycles. The SMILES string of the molecule is C=O.CCOc1ccc(OCc2ccc(CCC(=N)c3ccccc3)cc2)cc1. The van der Waals surface area contributed by atoms with Crippen molar-refractivity contribution in [2.45, 2.75) is 26.4 Å². The highest BCUT2D eigenvalue weighted by Crippen LogP contribution is 2.19. The van der Waals surface area contributed by atoms with Gasteiger partial charge >= 0.3 is 0 Å². The van der Waals surface area contributed by atoms with Gasteiger partial charge in [-0.15, -0.1) is 0 Å². The zero-order valence-corrected chi connectivity index (χ0v) is 16.8. The standard InChI is InChI=1S/C24H25NO2.CH2O/c1-2-26-22-13-15-23(16-14-22)27-18-20-10-8-19(9-11-20)12-17-24(25)21-6-4-3-5-7-21;1-2/h3-11,13-16,25H,2,12,17-18H2,1H3;1H2. The minimum atomic E-state index is 0.536. The van der Waals surface area contributed by atoms with Crippen LogP contribution in [0.4, 0.5) is 0 Å². The lowest BCUT2D eigenvalue weighted by Crippen LogP contribution is -2.01. The fourth-order valence-electron chi connectivity index (χ4n) is 2.82. The summed E-state index contributed by atoms with van der Waals surface area (Å²) < 4.78 is 11.3. The summed E-state index contributed by atoms with van der Waals surface area (Å²) in [5.74, 6) is 1.69. The average molecular weight is 389 g/mol. The Balaban J connectivity index is 0.00000145. The van der Waals surface area contributed by atoms with Gasteiger partial charge in [-0.25, -0.2) is 0 Å². The van der Waals surface area contributed by atoms with Crippen molar-refractivity contribution in [1.29, 1.82) is 5.41 Å². The molecule has 29 heavy (non-hydrogen) atoms. The number of nitrogens with one attached hydrogen (secondary N) is 1. The summed E-state index contributed by atoms with van der Waals surface area (Å²) >= 11 is 0. The van der Waals surface area contributed by atoms with Gasteiger partial charge in [-0.05, 0) is 60.7 Å². The average Bonchev–Trinajstić information content (AvgIpc) is 2.80. The third-order valence-corrected chi connectivity index (χ3v) is 4.35. The van der Waals surface area contributed by atoms with Crippen LogP contribution in [0.2, 0.25) is 0 Å². The maximum absolute atomic E-state index is 8.19. The highest BCUT2D eigenvalue weighted by Gasteiger charge is 2.03. The number of carbonyl (C=O) groups is 1. The molecule has 0 aliphatic rings. The highest BCUT2D eigenvalue weighted by molar-refractivity contribution is 5.98. The highest BCUT2D eigenvalue weighted by atomic mass is 16.5. The summed E-state index contributed by atoms with van der Waals surface area (Å²) in [5, 5.41) is 8.19. The van der Waals surface area contributed by atoms with Crippen LogP contribution >= 0.6 is 0 Å². The largest absolute Gasteiger partial charge is 0.494 e. The molecule has 3 aromatic rings. The zero-order valence-electron chi connectivity index (χ0n) is 16.8. The first-order valence-corrected chi connectivity index (χ1v) is 9.60. The Morgan fingerprint density at radius 3 is 1.93 bits per heavy atom. The number of ether oxygens (including phenoxy) is 2. The van der Waals surface area contributed by atoms with E-state index in [1.165, 1.54) is 5.56 Å². The summed E-state index contributed by atoms with van der Waals surface area (Å²) in [6.07, 6.45) is 1.61. The van der Waals surface area contributed by atoms with Crippen molar-refractivity contribution in [3.63, 3.8) is 0 Å². The van der Waals surface area contributed by atoms with Crippen LogP contribution in [0, 0.1) is 5.41 Å². The molecule has 3 aromatic carbocycles. The molecule has 0 bridgehead atoms. The van der Waals surface area contributed by atoms with Gasteiger partial charge in [0.25, 0.3) is 0 Å². The van der Waals surface area contributed by atoms with Gasteiger partial charge in [-0.1, -0.05) is 54.6 Å². The minimum absolute atomic E-state index is 0.536. The molecule has 1 N–H and O–H groups in total. The molecule has 4 nitrogen and oxygen atoms in total. The van der Waals surface area contributed by atoms with Gasteiger partial charge in [-0.2, -0.15) is 0 Å². The third-order valence-electron chi connectivity index (χ3n) is 4.35. The second-order valence-corrected chi connectivity index (χ2v) is 6.35. The normalized spacial score (nSPS) is 9.83. The number of hydrogen-bond donors (Lipinski definition) is 1. The quantitative estimate of drug-likeness (QED) is 0.493. The maximum atomic E-state index is 8.19. The molecule has 3 rings (SSSR count). The topological polar surface area (TPSA) is 59.4 Å². The van der Waals surface area contributed by atoms with Gasteiger partial charge in [0.1, 0.15) is 24.9 Å². The second-order valence-electron chi connectivity index (χ2n) is 6.35. The van der Waals surface area contributed by atoms with Crippen LogP contribution in [0.15, 0.2) is 78.9 Å². The number of aryl methyl sites for hydroxylation is 1. The van der Waals surface area contributed by atoms with Crippen molar-refractivity contribution < 1.29 is 14.3 Å². The van der Waals surface area contributed by atoms with Crippen molar-refractivity contribution in [1.82, 2.24) is 0 Å². The molecular formula is C25H27NO3. The van der Waals surface area contributed by atoms with E-state index in [1.54, 1.807) is 0 Å². The van der Waals surface area contributed by atoms with E-state index in [0.717, 1.165) is 35.5 Å². The first-order chi connectivity index (χ1) is 14.2. The second kappa shape index (κ2) is 12.1. The van der Waals surface area contributed by atoms with E-state index in [0.29, 0.717) is 18.9 Å². The van der Waals surface area contributed by atoms with E-state index in [1.807, 2.05) is 68.3 Å². The molecule has 0 unspecified atom stereocenters. The lowest BCUT2D eigenvalue weighted by Gasteiger charge is -2.09. The molecule has 0 atom stereocenters. The van der Waals surface area contributed by atoms with Gasteiger partial charge in [0.05, 0.1) is 6.61 Å². The lowest BCUT2D eigenvalue weighted by atomic mass is 10.0. The predicted molar refractivity (Wildman–Crippen MR) is 117 cm³/mol. The van der Waals surface area contributed by atoms with Crippen LogP contribution in [0.5, 0.6) is 11.5 Å². The fourth-order valence-corrected chi connectivity index (χ4v) is 2.82. The Kier molecular flexibility index (Phi) is 9.16. The first kappa shape index (κ1) is 21.9. The van der Waals surface area contributed by atoms with Crippen molar-refractivity contribution in [2.75, 3.05) is 6.61 Å². The Hall–Kier alpha value is -3.40. The molecule has 0 aromatic heterocycles. The number of carbonyl (C=O) groups excluding carboxylic acids is 1. The lowest BCUT2D eigenvalue weighted by molar-refractivity contribution is -0.0979. The zero-order chi connectivity index (χ0) is 20.9. The summed E-state index contributed by atoms with van der Waals surface area (Å²) in [7, 11) is 0. The van der Waals surface area contributed by atoms with E-state index in [2.05, 4.69) is 24.3 Å². The fraction of sp³-hybridized carbons (Fsp3) is 0.200. The van der Waals surface area contributed by atoms with Crippen molar-refractivity contribution in [3.05, 3.63) is 95.6 Å². The molecule has 150 valence electrons. The summed E-state index contributed by atoms with van der Waals surface area (Å²) in [6.45, 7) is 5.17. The molecular weight excluding hydrogens is 362 g/mol. The van der Waals surface area contributed by atoms with E-state index in [-0.39, 0.29) is 0 Å². The Labute approximate surface area is 172 Å². The van der Waals surface area contributed by atoms with Crippen LogP contribution in [0.25, 0.3) is 0 Å². The monoisotopic (exact) mass is 389 g/mol. The summed E-state index contributed by atoms with van der Waals surface area (Å²) in [6, 6.07) is 26.0. The summed E-state index contributed by atoms with van der Waals surface area (Å²) in [5.41, 5.74) is 4.04. The van der Waals surface area contributed by atoms with Gasteiger partial charge in [-0.3, -0.25) is 0 Å². The van der Waals surface area contributed by atoms with Crippen LogP contribution < -0.4 is 9.47 Å². The number of benzene rings is 3. The Morgan fingerprint density at radius 2 is 1.34 bits per heavy atom. The molecule has 0 saturated carbocycles. The molecule has 0 heterocycles. The van der Waals surface area contributed by atoms with Gasteiger partial charge in [0.2, 0.25) is 0 Å². The van der Waals surface area contributed by atoms with Gasteiger partial charge in [0.15, 0.2) is 0 Å². The van der Waals surface area contributed by atoms with E-state index < -0.39 is 0 Å². The predicted octanol–water partition coefficient (Wildman–Crippen LogP) is 5.48. The van der Waals surface area contributed by atoms with Crippen molar-refractivity contribution in [2.24, 2.45) is 0 Å². The van der Waals surface area contributed by atoms with Crippen LogP contribution in [0.3, 0.4) is 0 Å². The molecule has 0 amide bonds. The Bertz CT molecular complexity index is 859. The number of hydrogen-bond acceptors (Lipinski definition) is 4. The maximum Gasteiger partial charge on any atom is 0.120 e. The van der Waals surface area contributed by atoms with Crippen LogP contribution in [-0.4, -0.2) is 19.1 Å². The smallest absolute Gasteiger partial charge is 0.120 e. The molecule has 4 heteroatoms. The van der Waals surface area contributed by atoms with Crippen molar-refractivity contribution in [3.8, 4) is 11.5 Å². The van der Waals surface area contributed by atoms with Crippen LogP contribution in [-0.2, 0) is 17.8 Å². The molecule has 0 saturated heterocycles. The number of rotatable bonds is 9. The van der Waals surface area contributed by atoms with E-state index >= 15 is 0 Å². The molecule has 0 spiro atoms.